The fraction of sp³-hybridized carbons (Fsp3) is 0.500. The van der Waals surface area contributed by atoms with E-state index in [1.165, 1.54) is 6.07 Å². The molecule has 1 aromatic rings. The minimum Gasteiger partial charge on any atom is -0.389 e. The molecule has 0 spiro atoms. The monoisotopic (exact) mass is 266 g/mol. The summed E-state index contributed by atoms with van der Waals surface area (Å²) in [4.78, 5) is 2.61. The molecule has 1 aromatic carbocycles. The third kappa shape index (κ3) is 2.87. The van der Waals surface area contributed by atoms with E-state index in [4.69, 9.17) is 18.0 Å². The number of hydrogen-bond donors (Lipinski definition) is 1. The van der Waals surface area contributed by atoms with E-state index in [-0.39, 0.29) is 5.82 Å². The Kier molecular flexibility index (Phi) is 3.97. The van der Waals surface area contributed by atoms with Gasteiger partial charge in [-0.2, -0.15) is 0 Å². The van der Waals surface area contributed by atoms with Crippen LogP contribution in [0, 0.1) is 17.7 Å². The first kappa shape index (κ1) is 13.4. The van der Waals surface area contributed by atoms with Crippen LogP contribution in [0.15, 0.2) is 18.2 Å². The fourth-order valence-corrected chi connectivity index (χ4v) is 2.60. The molecular formula is C14H19FN2S. The van der Waals surface area contributed by atoms with Gasteiger partial charge in [0, 0.05) is 30.8 Å². The molecule has 0 saturated carbocycles. The minimum absolute atomic E-state index is 0.179. The molecule has 2 atom stereocenters. The zero-order chi connectivity index (χ0) is 13.3. The van der Waals surface area contributed by atoms with Gasteiger partial charge in [-0.25, -0.2) is 4.39 Å². The SMILES string of the molecule is CC1CN(Cc2cc(C(N)=S)ccc2F)CC1C. The lowest BCUT2D eigenvalue weighted by Gasteiger charge is -2.16. The lowest BCUT2D eigenvalue weighted by Crippen LogP contribution is -2.21. The second kappa shape index (κ2) is 5.33. The van der Waals surface area contributed by atoms with Gasteiger partial charge in [0.2, 0.25) is 0 Å². The van der Waals surface area contributed by atoms with Crippen LogP contribution >= 0.6 is 12.2 Å². The molecule has 1 aliphatic rings. The highest BCUT2D eigenvalue weighted by atomic mass is 32.1. The van der Waals surface area contributed by atoms with Crippen molar-refractivity contribution in [2.45, 2.75) is 20.4 Å². The highest BCUT2D eigenvalue weighted by molar-refractivity contribution is 7.80. The summed E-state index contributed by atoms with van der Waals surface area (Å²) in [6, 6.07) is 4.86. The summed E-state index contributed by atoms with van der Waals surface area (Å²) in [6.07, 6.45) is 0. The standard InChI is InChI=1S/C14H19FN2S/c1-9-6-17(7-10(9)2)8-12-5-11(14(16)18)3-4-13(12)15/h3-5,9-10H,6-8H2,1-2H3,(H2,16,18). The van der Waals surface area contributed by atoms with Crippen molar-refractivity contribution in [3.8, 4) is 0 Å². The van der Waals surface area contributed by atoms with Crippen LogP contribution in [0.3, 0.4) is 0 Å². The van der Waals surface area contributed by atoms with Gasteiger partial charge in [0.25, 0.3) is 0 Å². The number of thiocarbonyl (C=S) groups is 1. The molecule has 98 valence electrons. The van der Waals surface area contributed by atoms with E-state index in [0.29, 0.717) is 28.9 Å². The molecule has 1 aliphatic heterocycles. The van der Waals surface area contributed by atoms with E-state index in [1.54, 1.807) is 12.1 Å². The predicted molar refractivity (Wildman–Crippen MR) is 75.9 cm³/mol. The maximum Gasteiger partial charge on any atom is 0.127 e. The third-order valence-electron chi connectivity index (χ3n) is 3.79. The van der Waals surface area contributed by atoms with Gasteiger partial charge in [-0.15, -0.1) is 0 Å². The van der Waals surface area contributed by atoms with Gasteiger partial charge in [0.15, 0.2) is 0 Å². The lowest BCUT2D eigenvalue weighted by molar-refractivity contribution is 0.311. The average molecular weight is 266 g/mol. The van der Waals surface area contributed by atoms with Gasteiger partial charge >= 0.3 is 0 Å². The third-order valence-corrected chi connectivity index (χ3v) is 4.02. The predicted octanol–water partition coefficient (Wildman–Crippen LogP) is 2.55. The Hall–Kier alpha value is -1.00. The van der Waals surface area contributed by atoms with Crippen LogP contribution in [-0.4, -0.2) is 23.0 Å². The number of halogens is 1. The minimum atomic E-state index is -0.179. The van der Waals surface area contributed by atoms with Crippen molar-refractivity contribution in [2.75, 3.05) is 13.1 Å². The Bertz CT molecular complexity index is 451. The molecule has 0 aliphatic carbocycles. The van der Waals surface area contributed by atoms with Crippen LogP contribution in [-0.2, 0) is 6.54 Å². The van der Waals surface area contributed by atoms with Gasteiger partial charge in [0.05, 0.1) is 0 Å². The molecule has 0 amide bonds. The number of nitrogens with zero attached hydrogens (tertiary/aromatic N) is 1. The molecule has 2 nitrogen and oxygen atoms in total. The molecule has 2 unspecified atom stereocenters. The molecule has 0 aromatic heterocycles. The number of nitrogens with two attached hydrogens (primary N) is 1. The molecular weight excluding hydrogens is 247 g/mol. The molecule has 2 rings (SSSR count). The summed E-state index contributed by atoms with van der Waals surface area (Å²) in [5, 5.41) is 0. The van der Waals surface area contributed by atoms with Crippen LogP contribution in [0.25, 0.3) is 0 Å². The molecule has 0 radical (unpaired) electrons. The maximum atomic E-state index is 13.8. The highest BCUT2D eigenvalue weighted by Gasteiger charge is 2.26. The average Bonchev–Trinajstić information content (AvgIpc) is 2.61. The van der Waals surface area contributed by atoms with Crippen LogP contribution in [0.4, 0.5) is 4.39 Å². The van der Waals surface area contributed by atoms with Crippen molar-refractivity contribution < 1.29 is 4.39 Å². The Balaban J connectivity index is 2.14. The molecule has 2 N–H and O–H groups in total. The number of benzene rings is 1. The smallest absolute Gasteiger partial charge is 0.127 e. The van der Waals surface area contributed by atoms with Gasteiger partial charge < -0.3 is 5.73 Å². The lowest BCUT2D eigenvalue weighted by atomic mass is 10.0. The molecule has 0 bridgehead atoms. The zero-order valence-electron chi connectivity index (χ0n) is 10.8. The van der Waals surface area contributed by atoms with Gasteiger partial charge in [0.1, 0.15) is 10.8 Å². The van der Waals surface area contributed by atoms with Crippen molar-refractivity contribution >= 4 is 17.2 Å². The van der Waals surface area contributed by atoms with E-state index in [0.717, 1.165) is 18.7 Å². The highest BCUT2D eigenvalue weighted by Crippen LogP contribution is 2.24. The number of rotatable bonds is 3. The summed E-state index contributed by atoms with van der Waals surface area (Å²) in [5.41, 5.74) is 7.00. The summed E-state index contributed by atoms with van der Waals surface area (Å²) >= 11 is 4.93. The van der Waals surface area contributed by atoms with Crippen molar-refractivity contribution in [1.29, 1.82) is 0 Å². The summed E-state index contributed by atoms with van der Waals surface area (Å²) in [5.74, 6) is 1.17. The van der Waals surface area contributed by atoms with Crippen molar-refractivity contribution in [3.63, 3.8) is 0 Å². The van der Waals surface area contributed by atoms with Gasteiger partial charge in [-0.05, 0) is 30.0 Å². The first-order chi connectivity index (χ1) is 8.47. The van der Waals surface area contributed by atoms with E-state index >= 15 is 0 Å². The Labute approximate surface area is 113 Å². The largest absolute Gasteiger partial charge is 0.389 e. The topological polar surface area (TPSA) is 29.3 Å². The first-order valence-electron chi connectivity index (χ1n) is 6.28. The van der Waals surface area contributed by atoms with Crippen LogP contribution in [0.1, 0.15) is 25.0 Å². The summed E-state index contributed by atoms with van der Waals surface area (Å²) in [7, 11) is 0. The summed E-state index contributed by atoms with van der Waals surface area (Å²) in [6.45, 7) is 7.17. The van der Waals surface area contributed by atoms with Crippen molar-refractivity contribution in [3.05, 3.63) is 35.1 Å². The molecule has 1 fully saturated rings. The Morgan fingerprint density at radius 2 is 2.00 bits per heavy atom. The molecule has 1 saturated heterocycles. The maximum absolute atomic E-state index is 13.8. The van der Waals surface area contributed by atoms with Crippen LogP contribution in [0.2, 0.25) is 0 Å². The van der Waals surface area contributed by atoms with Crippen molar-refractivity contribution in [2.24, 2.45) is 17.6 Å². The van der Waals surface area contributed by atoms with Crippen LogP contribution in [0.5, 0.6) is 0 Å². The van der Waals surface area contributed by atoms with Gasteiger partial charge in [-0.3, -0.25) is 4.90 Å². The Morgan fingerprint density at radius 1 is 1.39 bits per heavy atom. The normalized spacial score (nSPS) is 24.4. The van der Waals surface area contributed by atoms with Crippen LogP contribution < -0.4 is 5.73 Å². The van der Waals surface area contributed by atoms with E-state index in [2.05, 4.69) is 18.7 Å². The van der Waals surface area contributed by atoms with Crippen molar-refractivity contribution in [1.82, 2.24) is 4.90 Å². The molecule has 1 heterocycles. The quantitative estimate of drug-likeness (QED) is 0.853. The second-order valence-corrected chi connectivity index (χ2v) is 5.76. The summed E-state index contributed by atoms with van der Waals surface area (Å²) < 4.78 is 13.8. The van der Waals surface area contributed by atoms with E-state index in [9.17, 15) is 4.39 Å². The first-order valence-corrected chi connectivity index (χ1v) is 6.68. The molecule has 4 heteroatoms. The Morgan fingerprint density at radius 3 is 2.56 bits per heavy atom. The van der Waals surface area contributed by atoms with Gasteiger partial charge in [-0.1, -0.05) is 26.1 Å². The fourth-order valence-electron chi connectivity index (χ4n) is 2.47. The molecule has 18 heavy (non-hydrogen) atoms. The van der Waals surface area contributed by atoms with E-state index in [1.807, 2.05) is 0 Å². The van der Waals surface area contributed by atoms with E-state index < -0.39 is 0 Å². The number of hydrogen-bond acceptors (Lipinski definition) is 2. The number of likely N-dealkylation sites (tertiary alicyclic amines) is 1. The second-order valence-electron chi connectivity index (χ2n) is 5.32. The zero-order valence-corrected chi connectivity index (χ0v) is 11.6.